The number of nitriles is 1. The number of aliphatic carboxylic acids is 1. The molecule has 1 unspecified atom stereocenters. The summed E-state index contributed by atoms with van der Waals surface area (Å²) in [4.78, 5) is 23.8. The molecule has 70 valence electrons. The van der Waals surface area contributed by atoms with Crippen LogP contribution in [0.25, 0.3) is 0 Å². The van der Waals surface area contributed by atoms with Gasteiger partial charge in [0.15, 0.2) is 5.78 Å². The number of likely N-dealkylation sites (tertiary alicyclic amines) is 1. The first-order valence-corrected chi connectivity index (χ1v) is 3.89. The summed E-state index contributed by atoms with van der Waals surface area (Å²) in [6.45, 7) is 0.505. The fourth-order valence-electron chi connectivity index (χ4n) is 1.35. The lowest BCUT2D eigenvalue weighted by molar-refractivity contribution is -0.153. The van der Waals surface area contributed by atoms with E-state index in [1.807, 2.05) is 0 Å². The van der Waals surface area contributed by atoms with E-state index in [0.717, 1.165) is 0 Å². The van der Waals surface area contributed by atoms with Gasteiger partial charge >= 0.3 is 5.97 Å². The average molecular weight is 182 g/mol. The Morgan fingerprint density at radius 1 is 1.77 bits per heavy atom. The summed E-state index contributed by atoms with van der Waals surface area (Å²) >= 11 is 0. The highest BCUT2D eigenvalue weighted by molar-refractivity contribution is 6.07. The number of carboxylic acid groups (broad SMARTS) is 1. The van der Waals surface area contributed by atoms with Gasteiger partial charge in [-0.15, -0.1) is 0 Å². The third kappa shape index (κ3) is 1.40. The van der Waals surface area contributed by atoms with Crippen molar-refractivity contribution in [2.75, 3.05) is 20.1 Å². The number of piperidine rings is 1. The van der Waals surface area contributed by atoms with Gasteiger partial charge in [0.1, 0.15) is 0 Å². The van der Waals surface area contributed by atoms with Gasteiger partial charge in [0.2, 0.25) is 5.41 Å². The third-order valence-electron chi connectivity index (χ3n) is 2.31. The third-order valence-corrected chi connectivity index (χ3v) is 2.31. The largest absolute Gasteiger partial charge is 0.480 e. The van der Waals surface area contributed by atoms with Crippen LogP contribution < -0.4 is 0 Å². The van der Waals surface area contributed by atoms with E-state index in [-0.39, 0.29) is 13.0 Å². The Labute approximate surface area is 75.6 Å². The Morgan fingerprint density at radius 3 is 2.77 bits per heavy atom. The summed E-state index contributed by atoms with van der Waals surface area (Å²) in [7, 11) is 1.72. The van der Waals surface area contributed by atoms with Crippen molar-refractivity contribution < 1.29 is 14.7 Å². The van der Waals surface area contributed by atoms with E-state index in [1.54, 1.807) is 18.0 Å². The van der Waals surface area contributed by atoms with E-state index < -0.39 is 17.2 Å². The molecule has 1 aliphatic rings. The molecule has 0 saturated carbocycles. The van der Waals surface area contributed by atoms with Crippen LogP contribution in [0.3, 0.4) is 0 Å². The lowest BCUT2D eigenvalue weighted by atomic mass is 9.79. The molecule has 0 aliphatic carbocycles. The maximum absolute atomic E-state index is 11.4. The molecule has 1 heterocycles. The van der Waals surface area contributed by atoms with Gasteiger partial charge in [0.25, 0.3) is 0 Å². The van der Waals surface area contributed by atoms with Crippen molar-refractivity contribution in [1.29, 1.82) is 5.26 Å². The van der Waals surface area contributed by atoms with Crippen molar-refractivity contribution in [2.45, 2.75) is 6.42 Å². The van der Waals surface area contributed by atoms with Gasteiger partial charge in [0.05, 0.1) is 12.6 Å². The van der Waals surface area contributed by atoms with Crippen LogP contribution in [-0.4, -0.2) is 41.9 Å². The van der Waals surface area contributed by atoms with Crippen molar-refractivity contribution in [2.24, 2.45) is 5.41 Å². The molecule has 0 radical (unpaired) electrons. The minimum Gasteiger partial charge on any atom is -0.480 e. The molecule has 1 aliphatic heterocycles. The Bertz CT molecular complexity index is 294. The van der Waals surface area contributed by atoms with Gasteiger partial charge in [-0.3, -0.25) is 14.5 Å². The molecule has 1 atom stereocenters. The van der Waals surface area contributed by atoms with E-state index in [4.69, 9.17) is 10.4 Å². The van der Waals surface area contributed by atoms with Crippen LogP contribution in [0.2, 0.25) is 0 Å². The predicted molar refractivity (Wildman–Crippen MR) is 42.8 cm³/mol. The molecule has 0 aromatic carbocycles. The Hall–Kier alpha value is -1.41. The summed E-state index contributed by atoms with van der Waals surface area (Å²) in [5.74, 6) is -1.84. The standard InChI is InChI=1S/C8H10N2O3/c1-10-3-2-8(5-9,7(12)13)6(11)4-10/h2-4H2,1H3,(H,12,13). The summed E-state index contributed by atoms with van der Waals surface area (Å²) in [6.07, 6.45) is 0.0775. The number of carboxylic acids is 1. The van der Waals surface area contributed by atoms with Crippen LogP contribution in [0, 0.1) is 16.7 Å². The van der Waals surface area contributed by atoms with E-state index >= 15 is 0 Å². The molecule has 1 rings (SSSR count). The number of Topliss-reactive ketones (excluding diaryl/α,β-unsaturated/α-hetero) is 1. The number of rotatable bonds is 1. The van der Waals surface area contributed by atoms with Crippen LogP contribution >= 0.6 is 0 Å². The lowest BCUT2D eigenvalue weighted by Crippen LogP contribution is -2.50. The Balaban J connectivity index is 2.97. The zero-order valence-corrected chi connectivity index (χ0v) is 7.28. The SMILES string of the molecule is CN1CCC(C#N)(C(=O)O)C(=O)C1. The molecule has 1 N–H and O–H groups in total. The first kappa shape index (κ1) is 9.68. The normalized spacial score (nSPS) is 29.7. The van der Waals surface area contributed by atoms with Gasteiger partial charge in [0, 0.05) is 6.54 Å². The second-order valence-corrected chi connectivity index (χ2v) is 3.23. The smallest absolute Gasteiger partial charge is 0.331 e. The van der Waals surface area contributed by atoms with Crippen molar-refractivity contribution >= 4 is 11.8 Å². The minimum absolute atomic E-state index is 0.0415. The van der Waals surface area contributed by atoms with Gasteiger partial charge < -0.3 is 5.11 Å². The molecule has 0 aromatic rings. The van der Waals surface area contributed by atoms with E-state index in [9.17, 15) is 9.59 Å². The number of nitrogens with zero attached hydrogens (tertiary/aromatic N) is 2. The number of hydrogen-bond donors (Lipinski definition) is 1. The number of carbonyl (C=O) groups is 2. The molecule has 13 heavy (non-hydrogen) atoms. The van der Waals surface area contributed by atoms with Crippen molar-refractivity contribution in [3.8, 4) is 6.07 Å². The Morgan fingerprint density at radius 2 is 2.38 bits per heavy atom. The molecule has 0 amide bonds. The quantitative estimate of drug-likeness (QED) is 0.552. The molecule has 0 bridgehead atoms. The molecule has 0 aromatic heterocycles. The number of ketones is 1. The highest BCUT2D eigenvalue weighted by Crippen LogP contribution is 2.27. The van der Waals surface area contributed by atoms with Gasteiger partial charge in [-0.2, -0.15) is 5.26 Å². The zero-order valence-electron chi connectivity index (χ0n) is 7.28. The molecular formula is C8H10N2O3. The highest BCUT2D eigenvalue weighted by atomic mass is 16.4. The van der Waals surface area contributed by atoms with E-state index in [2.05, 4.69) is 0 Å². The monoisotopic (exact) mass is 182 g/mol. The van der Waals surface area contributed by atoms with E-state index in [0.29, 0.717) is 6.54 Å². The summed E-state index contributed by atoms with van der Waals surface area (Å²) in [6, 6.07) is 1.61. The van der Waals surface area contributed by atoms with Gasteiger partial charge in [-0.25, -0.2) is 0 Å². The second kappa shape index (κ2) is 3.15. The van der Waals surface area contributed by atoms with Crippen molar-refractivity contribution in [1.82, 2.24) is 4.90 Å². The van der Waals surface area contributed by atoms with Crippen LogP contribution in [-0.2, 0) is 9.59 Å². The molecule has 5 nitrogen and oxygen atoms in total. The Kier molecular flexibility index (Phi) is 2.34. The van der Waals surface area contributed by atoms with Crippen molar-refractivity contribution in [3.63, 3.8) is 0 Å². The number of likely N-dealkylation sites (N-methyl/N-ethyl adjacent to an activating group) is 1. The molecule has 5 heteroatoms. The fraction of sp³-hybridized carbons (Fsp3) is 0.625. The second-order valence-electron chi connectivity index (χ2n) is 3.23. The maximum Gasteiger partial charge on any atom is 0.331 e. The van der Waals surface area contributed by atoms with Crippen LogP contribution in [0.1, 0.15) is 6.42 Å². The first-order valence-electron chi connectivity index (χ1n) is 3.89. The lowest BCUT2D eigenvalue weighted by Gasteiger charge is -2.30. The molecule has 1 fully saturated rings. The number of carbonyl (C=O) groups excluding carboxylic acids is 1. The van der Waals surface area contributed by atoms with Gasteiger partial charge in [-0.1, -0.05) is 0 Å². The van der Waals surface area contributed by atoms with Crippen LogP contribution in [0.5, 0.6) is 0 Å². The van der Waals surface area contributed by atoms with Crippen molar-refractivity contribution in [3.05, 3.63) is 0 Å². The highest BCUT2D eigenvalue weighted by Gasteiger charge is 2.48. The minimum atomic E-state index is -1.80. The van der Waals surface area contributed by atoms with Crippen LogP contribution in [0.15, 0.2) is 0 Å². The summed E-state index contributed by atoms with van der Waals surface area (Å²) < 4.78 is 0. The maximum atomic E-state index is 11.4. The first-order chi connectivity index (χ1) is 6.03. The molecule has 1 saturated heterocycles. The van der Waals surface area contributed by atoms with E-state index in [1.165, 1.54) is 0 Å². The average Bonchev–Trinajstić information content (AvgIpc) is 2.04. The topological polar surface area (TPSA) is 81.4 Å². The zero-order chi connectivity index (χ0) is 10.1. The number of hydrogen-bond acceptors (Lipinski definition) is 4. The molecule has 0 spiro atoms. The fourth-order valence-corrected chi connectivity index (χ4v) is 1.35. The molecular weight excluding hydrogens is 172 g/mol. The van der Waals surface area contributed by atoms with Gasteiger partial charge in [-0.05, 0) is 13.5 Å². The summed E-state index contributed by atoms with van der Waals surface area (Å²) in [5, 5.41) is 17.5. The summed E-state index contributed by atoms with van der Waals surface area (Å²) in [5.41, 5.74) is -1.80. The predicted octanol–water partition coefficient (Wildman–Crippen LogP) is -0.514. The van der Waals surface area contributed by atoms with Crippen LogP contribution in [0.4, 0.5) is 0 Å².